The third-order valence-corrected chi connectivity index (χ3v) is 6.40. The van der Waals surface area contributed by atoms with E-state index in [1.807, 2.05) is 6.92 Å². The van der Waals surface area contributed by atoms with Gasteiger partial charge in [-0.05, 0) is 25.5 Å². The number of nitrogens with zero attached hydrogens (tertiary/aromatic N) is 5. The maximum Gasteiger partial charge on any atom is 0.259 e. The summed E-state index contributed by atoms with van der Waals surface area (Å²) in [4.78, 5) is 35.8. The summed E-state index contributed by atoms with van der Waals surface area (Å²) in [5.41, 5.74) is 3.74. The Morgan fingerprint density at radius 1 is 1.18 bits per heavy atom. The number of nitrogens with one attached hydrogen (secondary N) is 1. The molecule has 0 bridgehead atoms. The molecule has 33 heavy (non-hydrogen) atoms. The molecule has 11 heteroatoms. The van der Waals surface area contributed by atoms with Crippen molar-refractivity contribution in [2.75, 3.05) is 25.6 Å². The van der Waals surface area contributed by atoms with Gasteiger partial charge in [-0.25, -0.2) is 15.0 Å². The van der Waals surface area contributed by atoms with Gasteiger partial charge in [0, 0.05) is 35.5 Å². The molecule has 0 radical (unpaired) electrons. The third-order valence-electron chi connectivity index (χ3n) is 5.34. The Balaban J connectivity index is 1.47. The molecule has 1 saturated heterocycles. The second-order valence-electron chi connectivity index (χ2n) is 7.54. The summed E-state index contributed by atoms with van der Waals surface area (Å²) in [6.45, 7) is 3.22. The number of halogens is 1. The highest BCUT2D eigenvalue weighted by molar-refractivity contribution is 7.21. The van der Waals surface area contributed by atoms with Crippen molar-refractivity contribution < 1.29 is 14.3 Å². The van der Waals surface area contributed by atoms with E-state index in [0.29, 0.717) is 49.8 Å². The fraction of sp³-hybridized carbons (Fsp3) is 0.273. The molecule has 168 valence electrons. The van der Waals surface area contributed by atoms with Crippen molar-refractivity contribution >= 4 is 44.5 Å². The topological polar surface area (TPSA) is 112 Å². The van der Waals surface area contributed by atoms with Gasteiger partial charge in [0.25, 0.3) is 5.91 Å². The molecule has 1 atom stereocenters. The van der Waals surface area contributed by atoms with E-state index in [2.05, 4.69) is 30.2 Å². The Morgan fingerprint density at radius 2 is 2.06 bits per heavy atom. The van der Waals surface area contributed by atoms with Crippen molar-refractivity contribution in [3.8, 4) is 16.9 Å². The summed E-state index contributed by atoms with van der Waals surface area (Å²) in [5, 5.41) is 3.55. The number of fused-ring (bicyclic) bond motifs is 1. The maximum absolute atomic E-state index is 13.2. The first-order valence-corrected chi connectivity index (χ1v) is 11.4. The minimum atomic E-state index is -0.365. The highest BCUT2D eigenvalue weighted by Crippen LogP contribution is 2.34. The van der Waals surface area contributed by atoms with E-state index in [0.717, 1.165) is 24.4 Å². The maximum atomic E-state index is 13.2. The van der Waals surface area contributed by atoms with Gasteiger partial charge in [0.1, 0.15) is 10.9 Å². The molecule has 4 aromatic rings. The molecule has 0 spiro atoms. The van der Waals surface area contributed by atoms with Crippen LogP contribution in [0.4, 0.5) is 5.13 Å². The number of aryl methyl sites for hydroxylation is 1. The first-order valence-electron chi connectivity index (χ1n) is 10.2. The van der Waals surface area contributed by atoms with E-state index >= 15 is 0 Å². The van der Waals surface area contributed by atoms with Crippen molar-refractivity contribution in [3.63, 3.8) is 0 Å². The van der Waals surface area contributed by atoms with Crippen LogP contribution in [0.25, 0.3) is 21.6 Å². The summed E-state index contributed by atoms with van der Waals surface area (Å²) in [5.74, 6) is 0.372. The Hall–Kier alpha value is -3.21. The summed E-state index contributed by atoms with van der Waals surface area (Å²) in [7, 11) is 1.54. The van der Waals surface area contributed by atoms with Crippen LogP contribution in [0.1, 0.15) is 34.1 Å². The standard InChI is InChI=1S/C22H19ClN6O3S/c1-11-5-13(14-6-18(23)25-9-17(14)31-2)15(7-24-11)20(30)29-22-28-19-21(33-22)27-16(8-26-19)12-3-4-32-10-12/h5-9,12H,3-4,10H2,1-2H3,(H,26,28,29,30)/t12-/m0/s1. The molecule has 5 heterocycles. The van der Waals surface area contributed by atoms with Gasteiger partial charge in [0.15, 0.2) is 15.6 Å². The number of hydrogen-bond donors (Lipinski definition) is 1. The van der Waals surface area contributed by atoms with Crippen LogP contribution in [0.15, 0.2) is 30.7 Å². The van der Waals surface area contributed by atoms with Crippen molar-refractivity contribution in [1.29, 1.82) is 0 Å². The lowest BCUT2D eigenvalue weighted by atomic mass is 10.0. The Bertz CT molecular complexity index is 1360. The Morgan fingerprint density at radius 3 is 2.85 bits per heavy atom. The van der Waals surface area contributed by atoms with Gasteiger partial charge in [-0.3, -0.25) is 15.1 Å². The van der Waals surface area contributed by atoms with Crippen LogP contribution < -0.4 is 10.1 Å². The molecule has 1 N–H and O–H groups in total. The highest BCUT2D eigenvalue weighted by atomic mass is 35.5. The van der Waals surface area contributed by atoms with Gasteiger partial charge in [-0.2, -0.15) is 4.98 Å². The monoisotopic (exact) mass is 482 g/mol. The molecule has 9 nitrogen and oxygen atoms in total. The summed E-state index contributed by atoms with van der Waals surface area (Å²) in [6.07, 6.45) is 5.70. The largest absolute Gasteiger partial charge is 0.494 e. The fourth-order valence-electron chi connectivity index (χ4n) is 3.67. The third kappa shape index (κ3) is 4.37. The van der Waals surface area contributed by atoms with E-state index in [1.54, 1.807) is 18.3 Å². The molecule has 0 unspecified atom stereocenters. The second-order valence-corrected chi connectivity index (χ2v) is 8.90. The molecule has 5 rings (SSSR count). The van der Waals surface area contributed by atoms with Gasteiger partial charge in [-0.1, -0.05) is 22.9 Å². The van der Waals surface area contributed by atoms with Crippen molar-refractivity contribution in [2.45, 2.75) is 19.3 Å². The molecule has 1 fully saturated rings. The van der Waals surface area contributed by atoms with Gasteiger partial charge >= 0.3 is 0 Å². The minimum Gasteiger partial charge on any atom is -0.494 e. The zero-order chi connectivity index (χ0) is 22.9. The van der Waals surface area contributed by atoms with Gasteiger partial charge < -0.3 is 9.47 Å². The van der Waals surface area contributed by atoms with Gasteiger partial charge in [0.2, 0.25) is 0 Å². The number of amides is 1. The predicted molar refractivity (Wildman–Crippen MR) is 125 cm³/mol. The zero-order valence-corrected chi connectivity index (χ0v) is 19.4. The fourth-order valence-corrected chi connectivity index (χ4v) is 4.63. The van der Waals surface area contributed by atoms with Crippen LogP contribution in [-0.2, 0) is 4.74 Å². The number of rotatable bonds is 5. The summed E-state index contributed by atoms with van der Waals surface area (Å²) in [6, 6.07) is 3.46. The van der Waals surface area contributed by atoms with Crippen LogP contribution in [-0.4, -0.2) is 51.2 Å². The number of methoxy groups -OCH3 is 1. The SMILES string of the molecule is COc1cnc(Cl)cc1-c1cc(C)ncc1C(=O)Nc1nc2ncc([C@H]3CCOC3)nc2s1. The van der Waals surface area contributed by atoms with E-state index in [1.165, 1.54) is 30.8 Å². The second kappa shape index (κ2) is 8.97. The van der Waals surface area contributed by atoms with Crippen LogP contribution in [0.3, 0.4) is 0 Å². The Kier molecular flexibility index (Phi) is 5.88. The quantitative estimate of drug-likeness (QED) is 0.420. The molecular formula is C22H19ClN6O3S. The van der Waals surface area contributed by atoms with Crippen molar-refractivity contribution in [1.82, 2.24) is 24.9 Å². The number of carbonyl (C=O) groups is 1. The molecule has 1 aliphatic rings. The van der Waals surface area contributed by atoms with E-state index in [4.69, 9.17) is 21.1 Å². The molecule has 1 amide bonds. The normalized spacial score (nSPS) is 15.7. The van der Waals surface area contributed by atoms with E-state index in [9.17, 15) is 4.79 Å². The lowest BCUT2D eigenvalue weighted by Gasteiger charge is -2.13. The van der Waals surface area contributed by atoms with Crippen molar-refractivity contribution in [3.05, 3.63) is 52.8 Å². The van der Waals surface area contributed by atoms with Gasteiger partial charge in [0.05, 0.1) is 37.4 Å². The molecule has 1 aliphatic heterocycles. The zero-order valence-electron chi connectivity index (χ0n) is 17.8. The highest BCUT2D eigenvalue weighted by Gasteiger charge is 2.22. The predicted octanol–water partition coefficient (Wildman–Crippen LogP) is 4.27. The summed E-state index contributed by atoms with van der Waals surface area (Å²) < 4.78 is 10.9. The lowest BCUT2D eigenvalue weighted by molar-refractivity contribution is 0.102. The van der Waals surface area contributed by atoms with Crippen LogP contribution in [0.5, 0.6) is 5.75 Å². The van der Waals surface area contributed by atoms with Crippen LogP contribution in [0, 0.1) is 6.92 Å². The number of aromatic nitrogens is 5. The number of anilines is 1. The van der Waals surface area contributed by atoms with Crippen LogP contribution >= 0.6 is 22.9 Å². The molecule has 4 aromatic heterocycles. The average Bonchev–Trinajstić information content (AvgIpc) is 3.48. The first kappa shape index (κ1) is 21.6. The first-order chi connectivity index (χ1) is 16.0. The minimum absolute atomic E-state index is 0.241. The number of pyridine rings is 2. The van der Waals surface area contributed by atoms with E-state index in [-0.39, 0.29) is 11.8 Å². The molecular weight excluding hydrogens is 464 g/mol. The molecule has 0 saturated carbocycles. The lowest BCUT2D eigenvalue weighted by Crippen LogP contribution is -2.14. The smallest absolute Gasteiger partial charge is 0.259 e. The van der Waals surface area contributed by atoms with E-state index < -0.39 is 0 Å². The number of ether oxygens (including phenoxy) is 2. The number of carbonyl (C=O) groups excluding carboxylic acids is 1. The van der Waals surface area contributed by atoms with Crippen molar-refractivity contribution in [2.24, 2.45) is 0 Å². The molecule has 0 aliphatic carbocycles. The molecule has 0 aromatic carbocycles. The average molecular weight is 483 g/mol. The summed E-state index contributed by atoms with van der Waals surface area (Å²) >= 11 is 7.39. The number of thiazole rings is 1. The van der Waals surface area contributed by atoms with Gasteiger partial charge in [-0.15, -0.1) is 0 Å². The van der Waals surface area contributed by atoms with Crippen LogP contribution in [0.2, 0.25) is 5.15 Å². The number of hydrogen-bond acceptors (Lipinski definition) is 9. The Labute approximate surface area is 198 Å².